The van der Waals surface area contributed by atoms with Gasteiger partial charge in [0.25, 0.3) is 0 Å². The molecule has 1 aromatic heterocycles. The van der Waals surface area contributed by atoms with Crippen LogP contribution in [0.3, 0.4) is 0 Å². The molecule has 0 unspecified atom stereocenters. The largest absolute Gasteiger partial charge is 0.450 e. The van der Waals surface area contributed by atoms with Crippen LogP contribution in [-0.2, 0) is 16.0 Å². The molecule has 0 aliphatic rings. The second-order valence-corrected chi connectivity index (χ2v) is 8.89. The first-order valence-corrected chi connectivity index (χ1v) is 13.1. The molecule has 0 atom stereocenters. The number of amides is 2. The van der Waals surface area contributed by atoms with Gasteiger partial charge >= 0.3 is 12.2 Å². The molecule has 8 heteroatoms. The van der Waals surface area contributed by atoms with Crippen LogP contribution in [0.1, 0.15) is 20.3 Å². The minimum absolute atomic E-state index is 0.300. The second-order valence-electron chi connectivity index (χ2n) is 8.09. The molecule has 2 N–H and O–H groups in total. The highest BCUT2D eigenvalue weighted by Gasteiger charge is 2.24. The van der Waals surface area contributed by atoms with Crippen molar-refractivity contribution < 1.29 is 23.6 Å². The highest BCUT2D eigenvalue weighted by molar-refractivity contribution is 9.09. The third kappa shape index (κ3) is 5.60. The molecule has 186 valence electrons. The number of aryl methyl sites for hydroxylation is 1. The maximum absolute atomic E-state index is 12.1. The molecule has 4 aromatic rings. The lowest BCUT2D eigenvalue weighted by Gasteiger charge is -2.14. The zero-order chi connectivity index (χ0) is 25.5. The smallest absolute Gasteiger partial charge is 0.411 e. The molecule has 0 saturated heterocycles. The summed E-state index contributed by atoms with van der Waals surface area (Å²) in [5, 5.41) is 9.58. The predicted molar refractivity (Wildman–Crippen MR) is 147 cm³/mol. The molecular weight excluding hydrogens is 522 g/mol. The lowest BCUT2D eigenvalue weighted by atomic mass is 9.98. The van der Waals surface area contributed by atoms with Crippen molar-refractivity contribution in [1.82, 2.24) is 0 Å². The van der Waals surface area contributed by atoms with Crippen LogP contribution in [0.5, 0.6) is 0 Å². The van der Waals surface area contributed by atoms with Crippen molar-refractivity contribution in [3.63, 3.8) is 0 Å². The molecule has 3 aromatic carbocycles. The summed E-state index contributed by atoms with van der Waals surface area (Å²) in [6, 6.07) is 21.9. The Bertz CT molecular complexity index is 1390. The molecule has 0 bridgehead atoms. The third-order valence-corrected chi connectivity index (χ3v) is 6.29. The average molecular weight is 551 g/mol. The highest BCUT2D eigenvalue weighted by atomic mass is 79.9. The number of carbonyl (C=O) groups excluding carboxylic acids is 2. The fourth-order valence-corrected chi connectivity index (χ4v) is 4.56. The number of fused-ring (bicyclic) bond motifs is 3. The van der Waals surface area contributed by atoms with Crippen LogP contribution >= 0.6 is 15.9 Å². The Labute approximate surface area is 218 Å². The number of nitrogens with one attached hydrogen (secondary N) is 2. The summed E-state index contributed by atoms with van der Waals surface area (Å²) < 4.78 is 12.4. The van der Waals surface area contributed by atoms with Crippen LogP contribution in [0.2, 0.25) is 0 Å². The number of aromatic nitrogens is 1. The van der Waals surface area contributed by atoms with E-state index in [-0.39, 0.29) is 0 Å². The second kappa shape index (κ2) is 11.9. The van der Waals surface area contributed by atoms with Crippen LogP contribution in [0.15, 0.2) is 66.7 Å². The van der Waals surface area contributed by atoms with Gasteiger partial charge in [0, 0.05) is 34.5 Å². The molecular formula is C28H29BrN3O4+. The zero-order valence-electron chi connectivity index (χ0n) is 20.3. The number of hydrogen-bond acceptors (Lipinski definition) is 4. The Hall–Kier alpha value is -3.65. The molecule has 7 nitrogen and oxygen atoms in total. The van der Waals surface area contributed by atoms with Crippen molar-refractivity contribution in [2.24, 2.45) is 0 Å². The Morgan fingerprint density at radius 1 is 0.806 bits per heavy atom. The van der Waals surface area contributed by atoms with E-state index in [9.17, 15) is 9.59 Å². The summed E-state index contributed by atoms with van der Waals surface area (Å²) >= 11 is 3.57. The lowest BCUT2D eigenvalue weighted by Crippen LogP contribution is -2.38. The van der Waals surface area contributed by atoms with Gasteiger partial charge in [0.05, 0.1) is 29.7 Å². The number of alkyl halides is 1. The molecule has 4 rings (SSSR count). The summed E-state index contributed by atoms with van der Waals surface area (Å²) in [7, 11) is 0. The van der Waals surface area contributed by atoms with Gasteiger partial charge in [0.2, 0.25) is 11.2 Å². The first-order chi connectivity index (χ1) is 17.5. The molecule has 2 amide bonds. The number of nitrogens with zero attached hydrogens (tertiary/aromatic N) is 1. The van der Waals surface area contributed by atoms with Crippen LogP contribution < -0.4 is 15.2 Å². The number of benzene rings is 3. The molecule has 0 fully saturated rings. The van der Waals surface area contributed by atoms with E-state index in [4.69, 9.17) is 9.47 Å². The van der Waals surface area contributed by atoms with Crippen molar-refractivity contribution in [1.29, 1.82) is 0 Å². The SMILES string of the molecule is CCOC(=O)Nc1ccc2c(c1)c(-c1ccccc1)[n+](CCCBr)c1cc(NC(=O)OCC)ccc21. The van der Waals surface area contributed by atoms with Crippen molar-refractivity contribution >= 4 is 61.2 Å². The molecule has 0 aliphatic heterocycles. The van der Waals surface area contributed by atoms with Gasteiger partial charge in [-0.2, -0.15) is 4.57 Å². The van der Waals surface area contributed by atoms with Crippen molar-refractivity contribution in [3.8, 4) is 11.3 Å². The van der Waals surface area contributed by atoms with E-state index < -0.39 is 12.2 Å². The molecule has 0 radical (unpaired) electrons. The van der Waals surface area contributed by atoms with Gasteiger partial charge in [0.15, 0.2) is 6.54 Å². The van der Waals surface area contributed by atoms with E-state index in [0.717, 1.165) is 51.2 Å². The summed E-state index contributed by atoms with van der Waals surface area (Å²) in [5.41, 5.74) is 4.39. The maximum atomic E-state index is 12.1. The minimum Gasteiger partial charge on any atom is -0.450 e. The van der Waals surface area contributed by atoms with Crippen LogP contribution in [0.25, 0.3) is 32.9 Å². The van der Waals surface area contributed by atoms with Gasteiger partial charge in [-0.3, -0.25) is 10.6 Å². The van der Waals surface area contributed by atoms with Gasteiger partial charge in [0.1, 0.15) is 0 Å². The fourth-order valence-electron chi connectivity index (χ4n) is 4.31. The predicted octanol–water partition coefficient (Wildman–Crippen LogP) is 6.87. The van der Waals surface area contributed by atoms with E-state index in [0.29, 0.717) is 24.6 Å². The maximum Gasteiger partial charge on any atom is 0.411 e. The molecule has 0 aliphatic carbocycles. The third-order valence-electron chi connectivity index (χ3n) is 5.73. The topological polar surface area (TPSA) is 80.5 Å². The quantitative estimate of drug-likeness (QED) is 0.142. The number of rotatable bonds is 8. The van der Waals surface area contributed by atoms with Crippen LogP contribution in [-0.4, -0.2) is 30.7 Å². The highest BCUT2D eigenvalue weighted by Crippen LogP contribution is 2.34. The number of hydrogen-bond donors (Lipinski definition) is 2. The van der Waals surface area contributed by atoms with Gasteiger partial charge in [-0.05, 0) is 50.2 Å². The Morgan fingerprint density at radius 3 is 2.03 bits per heavy atom. The Morgan fingerprint density at radius 2 is 1.42 bits per heavy atom. The van der Waals surface area contributed by atoms with Gasteiger partial charge in [-0.15, -0.1) is 0 Å². The molecule has 1 heterocycles. The van der Waals surface area contributed by atoms with Crippen LogP contribution in [0.4, 0.5) is 21.0 Å². The first-order valence-electron chi connectivity index (χ1n) is 12.0. The van der Waals surface area contributed by atoms with Crippen molar-refractivity contribution in [3.05, 3.63) is 66.7 Å². The summed E-state index contributed by atoms with van der Waals surface area (Å²) in [4.78, 5) is 24.2. The summed E-state index contributed by atoms with van der Waals surface area (Å²) in [6.07, 6.45) is -0.0649. The Kier molecular flexibility index (Phi) is 8.38. The van der Waals surface area contributed by atoms with E-state index >= 15 is 0 Å². The first kappa shape index (κ1) is 25.4. The van der Waals surface area contributed by atoms with E-state index in [1.165, 1.54) is 0 Å². The van der Waals surface area contributed by atoms with Gasteiger partial charge in [-0.1, -0.05) is 40.2 Å². The van der Waals surface area contributed by atoms with Gasteiger partial charge < -0.3 is 9.47 Å². The van der Waals surface area contributed by atoms with Gasteiger partial charge in [-0.25, -0.2) is 9.59 Å². The summed E-state index contributed by atoms with van der Waals surface area (Å²) in [5.74, 6) is 0. The van der Waals surface area contributed by atoms with E-state index in [2.05, 4.69) is 43.3 Å². The zero-order valence-corrected chi connectivity index (χ0v) is 21.9. The number of carbonyl (C=O) groups is 2. The van der Waals surface area contributed by atoms with E-state index in [1.54, 1.807) is 13.8 Å². The molecule has 0 saturated carbocycles. The minimum atomic E-state index is -0.485. The normalized spacial score (nSPS) is 10.9. The molecule has 0 spiro atoms. The Balaban J connectivity index is 1.99. The van der Waals surface area contributed by atoms with E-state index in [1.807, 2.05) is 54.6 Å². The molecule has 36 heavy (non-hydrogen) atoms. The average Bonchev–Trinajstić information content (AvgIpc) is 2.87. The number of pyridine rings is 1. The van der Waals surface area contributed by atoms with Crippen molar-refractivity contribution in [2.45, 2.75) is 26.8 Å². The lowest BCUT2D eigenvalue weighted by molar-refractivity contribution is -0.659. The standard InChI is InChI=1S/C28H28BrN3O4/c1-3-35-27(33)30-20-11-13-22-23-14-12-21(31-28(34)36-4-2)18-25(23)32(16-8-15-29)26(24(22)17-20)19-9-6-5-7-10-19/h5-7,9-14,17-18H,3-4,8,15-16H2,1-2H3,(H,30,33)/p+1. The number of anilines is 2. The van der Waals surface area contributed by atoms with Crippen molar-refractivity contribution in [2.75, 3.05) is 29.2 Å². The fraction of sp³-hybridized carbons (Fsp3) is 0.250. The number of halogens is 1. The van der Waals surface area contributed by atoms with Crippen LogP contribution in [0, 0.1) is 0 Å². The monoisotopic (exact) mass is 550 g/mol. The number of ether oxygens (including phenoxy) is 2. The summed E-state index contributed by atoms with van der Waals surface area (Å²) in [6.45, 7) is 4.90.